The van der Waals surface area contributed by atoms with Gasteiger partial charge in [0.05, 0.1) is 16.8 Å². The van der Waals surface area contributed by atoms with Gasteiger partial charge in [-0.2, -0.15) is 0 Å². The second-order valence-electron chi connectivity index (χ2n) is 6.76. The summed E-state index contributed by atoms with van der Waals surface area (Å²) in [5.74, 6) is -0.226. The van der Waals surface area contributed by atoms with Crippen molar-refractivity contribution in [3.63, 3.8) is 0 Å². The topological polar surface area (TPSA) is 62.3 Å². The molecule has 1 N–H and O–H groups in total. The van der Waals surface area contributed by atoms with Gasteiger partial charge in [0, 0.05) is 19.3 Å². The molecule has 7 heteroatoms. The van der Waals surface area contributed by atoms with E-state index >= 15 is 0 Å². The maximum absolute atomic E-state index is 13.3. The standard InChI is InChI=1S/C20H21BrFN3O2/c1-13-4-2-8-23-19(13)24-20(27)15-5-3-9-25(12-15)18(26)11-14-6-7-17(22)16(21)10-14/h2,4,6-8,10,15H,3,5,9,11-12H2,1H3,(H,23,24,27). The number of nitrogens with one attached hydrogen (secondary N) is 1. The largest absolute Gasteiger partial charge is 0.342 e. The third-order valence-corrected chi connectivity index (χ3v) is 5.34. The highest BCUT2D eigenvalue weighted by molar-refractivity contribution is 9.10. The molecule has 0 radical (unpaired) electrons. The molecule has 142 valence electrons. The monoisotopic (exact) mass is 433 g/mol. The zero-order chi connectivity index (χ0) is 19.4. The maximum Gasteiger partial charge on any atom is 0.230 e. The number of rotatable bonds is 4. The molecule has 5 nitrogen and oxygen atoms in total. The van der Waals surface area contributed by atoms with E-state index in [1.807, 2.05) is 19.1 Å². The number of hydrogen-bond donors (Lipinski definition) is 1. The van der Waals surface area contributed by atoms with Gasteiger partial charge in [-0.1, -0.05) is 12.1 Å². The number of aromatic nitrogens is 1. The van der Waals surface area contributed by atoms with Crippen LogP contribution < -0.4 is 5.32 Å². The Kier molecular flexibility index (Phi) is 6.21. The molecule has 0 aliphatic carbocycles. The lowest BCUT2D eigenvalue weighted by Gasteiger charge is -2.32. The molecule has 1 aromatic carbocycles. The van der Waals surface area contributed by atoms with E-state index in [1.165, 1.54) is 6.07 Å². The molecular formula is C20H21BrFN3O2. The molecule has 1 aliphatic heterocycles. The smallest absolute Gasteiger partial charge is 0.230 e. The first-order valence-electron chi connectivity index (χ1n) is 8.88. The van der Waals surface area contributed by atoms with Crippen molar-refractivity contribution in [3.8, 4) is 0 Å². The minimum Gasteiger partial charge on any atom is -0.342 e. The number of piperidine rings is 1. The maximum atomic E-state index is 13.3. The van der Waals surface area contributed by atoms with Gasteiger partial charge in [0.1, 0.15) is 11.6 Å². The number of halogens is 2. The van der Waals surface area contributed by atoms with Crippen LogP contribution in [0.3, 0.4) is 0 Å². The fourth-order valence-electron chi connectivity index (χ4n) is 3.19. The summed E-state index contributed by atoms with van der Waals surface area (Å²) < 4.78 is 13.7. The van der Waals surface area contributed by atoms with E-state index in [4.69, 9.17) is 0 Å². The first-order valence-corrected chi connectivity index (χ1v) is 9.67. The molecule has 1 atom stereocenters. The highest BCUT2D eigenvalue weighted by Crippen LogP contribution is 2.21. The summed E-state index contributed by atoms with van der Waals surface area (Å²) in [5.41, 5.74) is 1.64. The molecule has 1 fully saturated rings. The molecule has 2 amide bonds. The van der Waals surface area contributed by atoms with Crippen LogP contribution in [0.15, 0.2) is 41.0 Å². The van der Waals surface area contributed by atoms with E-state index < -0.39 is 0 Å². The minimum absolute atomic E-state index is 0.0555. The molecular weight excluding hydrogens is 413 g/mol. The number of aryl methyl sites for hydroxylation is 1. The van der Waals surface area contributed by atoms with Crippen molar-refractivity contribution in [3.05, 3.63) is 57.9 Å². The first-order chi connectivity index (χ1) is 12.9. The van der Waals surface area contributed by atoms with Gasteiger partial charge in [0.2, 0.25) is 11.8 Å². The van der Waals surface area contributed by atoms with Gasteiger partial charge in [0.15, 0.2) is 0 Å². The zero-order valence-corrected chi connectivity index (χ0v) is 16.6. The van der Waals surface area contributed by atoms with Crippen LogP contribution in [0.2, 0.25) is 0 Å². The highest BCUT2D eigenvalue weighted by Gasteiger charge is 2.28. The Morgan fingerprint density at radius 1 is 1.37 bits per heavy atom. The summed E-state index contributed by atoms with van der Waals surface area (Å²) in [7, 11) is 0. The van der Waals surface area contributed by atoms with E-state index in [0.717, 1.165) is 24.0 Å². The number of pyridine rings is 1. The number of likely N-dealkylation sites (tertiary alicyclic amines) is 1. The summed E-state index contributed by atoms with van der Waals surface area (Å²) in [6.07, 6.45) is 3.34. The molecule has 0 spiro atoms. The van der Waals surface area contributed by atoms with Gasteiger partial charge in [-0.15, -0.1) is 0 Å². The van der Waals surface area contributed by atoms with E-state index in [1.54, 1.807) is 23.2 Å². The van der Waals surface area contributed by atoms with E-state index in [9.17, 15) is 14.0 Å². The molecule has 0 bridgehead atoms. The summed E-state index contributed by atoms with van der Waals surface area (Å²) in [4.78, 5) is 31.1. The van der Waals surface area contributed by atoms with E-state index in [-0.39, 0.29) is 30.0 Å². The Bertz CT molecular complexity index is 859. The van der Waals surface area contributed by atoms with Crippen LogP contribution in [0.25, 0.3) is 0 Å². The van der Waals surface area contributed by atoms with Gasteiger partial charge in [-0.25, -0.2) is 9.37 Å². The Labute approximate surface area is 166 Å². The number of benzene rings is 1. The zero-order valence-electron chi connectivity index (χ0n) is 15.0. The molecule has 2 aromatic rings. The van der Waals surface area contributed by atoms with Crippen LogP contribution in [0, 0.1) is 18.7 Å². The highest BCUT2D eigenvalue weighted by atomic mass is 79.9. The number of carbonyl (C=O) groups is 2. The molecule has 1 aromatic heterocycles. The van der Waals surface area contributed by atoms with Gasteiger partial charge in [-0.05, 0) is 65.0 Å². The van der Waals surface area contributed by atoms with Crippen LogP contribution in [0.4, 0.5) is 10.2 Å². The minimum atomic E-state index is -0.356. The summed E-state index contributed by atoms with van der Waals surface area (Å²) in [5, 5.41) is 2.87. The first kappa shape index (κ1) is 19.5. The van der Waals surface area contributed by atoms with Gasteiger partial charge in [-0.3, -0.25) is 9.59 Å². The van der Waals surface area contributed by atoms with E-state index in [0.29, 0.717) is 23.4 Å². The Hall–Kier alpha value is -2.28. The normalized spacial score (nSPS) is 16.9. The fraction of sp³-hybridized carbons (Fsp3) is 0.350. The molecule has 27 heavy (non-hydrogen) atoms. The quantitative estimate of drug-likeness (QED) is 0.798. The lowest BCUT2D eigenvalue weighted by molar-refractivity contribution is -0.133. The number of carbonyl (C=O) groups excluding carboxylic acids is 2. The second-order valence-corrected chi connectivity index (χ2v) is 7.62. The fourth-order valence-corrected chi connectivity index (χ4v) is 3.62. The molecule has 0 saturated carbocycles. The van der Waals surface area contributed by atoms with Crippen molar-refractivity contribution in [1.29, 1.82) is 0 Å². The van der Waals surface area contributed by atoms with Crippen LogP contribution in [-0.4, -0.2) is 34.8 Å². The van der Waals surface area contributed by atoms with Crippen molar-refractivity contribution in [2.45, 2.75) is 26.2 Å². The number of nitrogens with zero attached hydrogens (tertiary/aromatic N) is 2. The molecule has 1 aliphatic rings. The lowest BCUT2D eigenvalue weighted by atomic mass is 9.96. The summed E-state index contributed by atoms with van der Waals surface area (Å²) >= 11 is 3.14. The third-order valence-electron chi connectivity index (χ3n) is 4.74. The SMILES string of the molecule is Cc1cccnc1NC(=O)C1CCCN(C(=O)Cc2ccc(F)c(Br)c2)C1. The van der Waals surface area contributed by atoms with Crippen LogP contribution in [0.1, 0.15) is 24.0 Å². The average molecular weight is 434 g/mol. The van der Waals surface area contributed by atoms with Gasteiger partial charge >= 0.3 is 0 Å². The summed E-state index contributed by atoms with van der Waals surface area (Å²) in [6, 6.07) is 8.27. The van der Waals surface area contributed by atoms with Gasteiger partial charge < -0.3 is 10.2 Å². The van der Waals surface area contributed by atoms with Crippen LogP contribution in [0.5, 0.6) is 0 Å². The predicted octanol–water partition coefficient (Wildman–Crippen LogP) is 3.71. The molecule has 1 unspecified atom stereocenters. The third kappa shape index (κ3) is 4.91. The Morgan fingerprint density at radius 2 is 2.19 bits per heavy atom. The second kappa shape index (κ2) is 8.61. The van der Waals surface area contributed by atoms with Crippen LogP contribution >= 0.6 is 15.9 Å². The molecule has 1 saturated heterocycles. The van der Waals surface area contributed by atoms with Crippen molar-refractivity contribution in [1.82, 2.24) is 9.88 Å². The molecule has 2 heterocycles. The van der Waals surface area contributed by atoms with Crippen molar-refractivity contribution < 1.29 is 14.0 Å². The van der Waals surface area contributed by atoms with Crippen LogP contribution in [-0.2, 0) is 16.0 Å². The molecule has 3 rings (SSSR count). The number of hydrogen-bond acceptors (Lipinski definition) is 3. The van der Waals surface area contributed by atoms with Crippen molar-refractivity contribution >= 4 is 33.6 Å². The Morgan fingerprint density at radius 3 is 2.93 bits per heavy atom. The average Bonchev–Trinajstić information content (AvgIpc) is 2.66. The number of amides is 2. The van der Waals surface area contributed by atoms with Gasteiger partial charge in [0.25, 0.3) is 0 Å². The Balaban J connectivity index is 1.61. The van der Waals surface area contributed by atoms with Crippen molar-refractivity contribution in [2.75, 3.05) is 18.4 Å². The summed E-state index contributed by atoms with van der Waals surface area (Å²) in [6.45, 7) is 2.91. The van der Waals surface area contributed by atoms with Crippen molar-refractivity contribution in [2.24, 2.45) is 5.92 Å². The van der Waals surface area contributed by atoms with E-state index in [2.05, 4.69) is 26.2 Å². The lowest BCUT2D eigenvalue weighted by Crippen LogP contribution is -2.44. The predicted molar refractivity (Wildman–Crippen MR) is 105 cm³/mol. The number of anilines is 1.